The highest BCUT2D eigenvalue weighted by molar-refractivity contribution is 5.73. The number of nitrogens with two attached hydrogens (primary N) is 1. The van der Waals surface area contributed by atoms with E-state index in [0.717, 1.165) is 0 Å². The molecular formula is C11H11FN2O2. The van der Waals surface area contributed by atoms with Gasteiger partial charge < -0.3 is 10.5 Å². The van der Waals surface area contributed by atoms with Gasteiger partial charge in [-0.3, -0.25) is 4.79 Å². The third-order valence-corrected chi connectivity index (χ3v) is 2.23. The number of halogens is 1. The largest absolute Gasteiger partial charge is 0.469 e. The Balaban J connectivity index is 3.22. The van der Waals surface area contributed by atoms with E-state index in [2.05, 4.69) is 4.74 Å². The quantitative estimate of drug-likeness (QED) is 0.770. The number of nitriles is 1. The molecule has 1 aromatic carbocycles. The summed E-state index contributed by atoms with van der Waals surface area (Å²) in [5.74, 6) is -1.26. The number of carbonyl (C=O) groups is 1. The molecule has 0 aromatic heterocycles. The average molecular weight is 222 g/mol. The molecule has 5 heteroatoms. The number of methoxy groups -OCH3 is 1. The van der Waals surface area contributed by atoms with Crippen molar-refractivity contribution in [3.8, 4) is 6.07 Å². The van der Waals surface area contributed by atoms with E-state index in [9.17, 15) is 9.18 Å². The van der Waals surface area contributed by atoms with Crippen LogP contribution in [0.5, 0.6) is 0 Å². The number of hydrogen-bond donors (Lipinski definition) is 1. The van der Waals surface area contributed by atoms with Crippen molar-refractivity contribution in [1.29, 1.82) is 5.26 Å². The molecule has 0 saturated carbocycles. The maximum Gasteiger partial charge on any atom is 0.310 e. The van der Waals surface area contributed by atoms with E-state index in [4.69, 9.17) is 11.0 Å². The van der Waals surface area contributed by atoms with Gasteiger partial charge in [0.2, 0.25) is 0 Å². The third kappa shape index (κ3) is 2.35. The summed E-state index contributed by atoms with van der Waals surface area (Å²) in [5.41, 5.74) is 5.96. The maximum atomic E-state index is 13.7. The van der Waals surface area contributed by atoms with Crippen molar-refractivity contribution < 1.29 is 13.9 Å². The lowest BCUT2D eigenvalue weighted by Gasteiger charge is -2.08. The van der Waals surface area contributed by atoms with Crippen LogP contribution in [0.15, 0.2) is 12.1 Å². The van der Waals surface area contributed by atoms with Crippen molar-refractivity contribution in [1.82, 2.24) is 0 Å². The number of benzene rings is 1. The zero-order chi connectivity index (χ0) is 12.1. The monoisotopic (exact) mass is 222 g/mol. The third-order valence-electron chi connectivity index (χ3n) is 2.23. The molecule has 4 nitrogen and oxygen atoms in total. The summed E-state index contributed by atoms with van der Waals surface area (Å²) in [6.45, 7) is 0.106. The second-order valence-corrected chi connectivity index (χ2v) is 3.13. The molecular weight excluding hydrogens is 211 g/mol. The van der Waals surface area contributed by atoms with Crippen LogP contribution in [-0.4, -0.2) is 13.1 Å². The fraction of sp³-hybridized carbons (Fsp3) is 0.273. The zero-order valence-corrected chi connectivity index (χ0v) is 8.79. The topological polar surface area (TPSA) is 76.1 Å². The van der Waals surface area contributed by atoms with Crippen molar-refractivity contribution >= 4 is 5.97 Å². The van der Waals surface area contributed by atoms with Crippen molar-refractivity contribution in [3.63, 3.8) is 0 Å². The Labute approximate surface area is 92.4 Å². The molecule has 0 atom stereocenters. The van der Waals surface area contributed by atoms with Crippen molar-refractivity contribution in [3.05, 3.63) is 34.6 Å². The van der Waals surface area contributed by atoms with Crippen molar-refractivity contribution in [2.45, 2.75) is 13.0 Å². The molecule has 1 rings (SSSR count). The summed E-state index contributed by atoms with van der Waals surface area (Å²) in [4.78, 5) is 11.1. The molecule has 0 saturated heterocycles. The van der Waals surface area contributed by atoms with Gasteiger partial charge in [0.1, 0.15) is 11.9 Å². The Morgan fingerprint density at radius 1 is 1.62 bits per heavy atom. The van der Waals surface area contributed by atoms with Crippen LogP contribution >= 0.6 is 0 Å². The number of carbonyl (C=O) groups excluding carboxylic acids is 1. The number of esters is 1. The smallest absolute Gasteiger partial charge is 0.310 e. The summed E-state index contributed by atoms with van der Waals surface area (Å²) in [6, 6.07) is 4.60. The van der Waals surface area contributed by atoms with Gasteiger partial charge >= 0.3 is 5.97 Å². The molecule has 0 heterocycles. The van der Waals surface area contributed by atoms with Gasteiger partial charge in [-0.15, -0.1) is 0 Å². The Kier molecular flexibility index (Phi) is 3.97. The number of nitrogens with zero attached hydrogens (tertiary/aromatic N) is 1. The number of rotatable bonds is 3. The molecule has 0 aliphatic carbocycles. The summed E-state index contributed by atoms with van der Waals surface area (Å²) >= 11 is 0. The van der Waals surface area contributed by atoms with E-state index >= 15 is 0 Å². The van der Waals surface area contributed by atoms with Crippen LogP contribution in [0.25, 0.3) is 0 Å². The number of hydrogen-bond acceptors (Lipinski definition) is 4. The van der Waals surface area contributed by atoms with Gasteiger partial charge in [0, 0.05) is 12.1 Å². The summed E-state index contributed by atoms with van der Waals surface area (Å²) in [6.07, 6.45) is -0.218. The van der Waals surface area contributed by atoms with Gasteiger partial charge in [0.25, 0.3) is 0 Å². The van der Waals surface area contributed by atoms with E-state index in [1.54, 1.807) is 12.1 Å². The summed E-state index contributed by atoms with van der Waals surface area (Å²) in [5, 5.41) is 8.66. The SMILES string of the molecule is COC(=O)Cc1c(CN)ccc(C#N)c1F. The number of ether oxygens (including phenoxy) is 1. The van der Waals surface area contributed by atoms with Crippen molar-refractivity contribution in [2.75, 3.05) is 7.11 Å². The standard InChI is InChI=1S/C11H11FN2O2/c1-16-10(15)4-9-7(5-13)2-3-8(6-14)11(9)12/h2-3H,4-5,13H2,1H3. The molecule has 0 radical (unpaired) electrons. The second-order valence-electron chi connectivity index (χ2n) is 3.13. The van der Waals surface area contributed by atoms with Gasteiger partial charge in [-0.1, -0.05) is 6.07 Å². The molecule has 0 amide bonds. The first-order chi connectivity index (χ1) is 7.63. The van der Waals surface area contributed by atoms with Gasteiger partial charge in [-0.25, -0.2) is 4.39 Å². The fourth-order valence-electron chi connectivity index (χ4n) is 1.35. The first-order valence-corrected chi connectivity index (χ1v) is 4.61. The summed E-state index contributed by atoms with van der Waals surface area (Å²) < 4.78 is 18.2. The van der Waals surface area contributed by atoms with Gasteiger partial charge in [0.05, 0.1) is 19.1 Å². The molecule has 0 aliphatic rings. The molecule has 0 spiro atoms. The van der Waals surface area contributed by atoms with E-state index < -0.39 is 11.8 Å². The lowest BCUT2D eigenvalue weighted by Crippen LogP contribution is -2.12. The van der Waals surface area contributed by atoms with E-state index in [-0.39, 0.29) is 24.1 Å². The Bertz CT molecular complexity index is 452. The van der Waals surface area contributed by atoms with Crippen LogP contribution < -0.4 is 5.73 Å². The van der Waals surface area contributed by atoms with Crippen LogP contribution in [0.1, 0.15) is 16.7 Å². The zero-order valence-electron chi connectivity index (χ0n) is 8.79. The van der Waals surface area contributed by atoms with Crippen LogP contribution in [-0.2, 0) is 22.5 Å². The molecule has 1 aromatic rings. The Hall–Kier alpha value is -1.93. The van der Waals surface area contributed by atoms with Crippen LogP contribution in [0.4, 0.5) is 4.39 Å². The van der Waals surface area contributed by atoms with Crippen LogP contribution in [0.2, 0.25) is 0 Å². The Morgan fingerprint density at radius 3 is 2.81 bits per heavy atom. The van der Waals surface area contributed by atoms with E-state index in [1.165, 1.54) is 13.2 Å². The van der Waals surface area contributed by atoms with Crippen molar-refractivity contribution in [2.24, 2.45) is 5.73 Å². The predicted octanol–water partition coefficient (Wildman–Crippen LogP) is 0.872. The molecule has 84 valence electrons. The first kappa shape index (κ1) is 12.1. The molecule has 0 unspecified atom stereocenters. The molecule has 16 heavy (non-hydrogen) atoms. The lowest BCUT2D eigenvalue weighted by molar-refractivity contribution is -0.139. The minimum atomic E-state index is -0.698. The molecule has 0 aliphatic heterocycles. The lowest BCUT2D eigenvalue weighted by atomic mass is 10.0. The highest BCUT2D eigenvalue weighted by Gasteiger charge is 2.15. The first-order valence-electron chi connectivity index (χ1n) is 4.61. The van der Waals surface area contributed by atoms with Crippen LogP contribution in [0, 0.1) is 17.1 Å². The Morgan fingerprint density at radius 2 is 2.31 bits per heavy atom. The minimum absolute atomic E-state index is 0.101. The normalized spacial score (nSPS) is 9.62. The minimum Gasteiger partial charge on any atom is -0.469 e. The van der Waals surface area contributed by atoms with Crippen LogP contribution in [0.3, 0.4) is 0 Å². The fourth-order valence-corrected chi connectivity index (χ4v) is 1.35. The second kappa shape index (κ2) is 5.24. The molecule has 0 bridgehead atoms. The van der Waals surface area contributed by atoms with Gasteiger partial charge in [-0.2, -0.15) is 5.26 Å². The van der Waals surface area contributed by atoms with E-state index in [1.807, 2.05) is 0 Å². The van der Waals surface area contributed by atoms with Gasteiger partial charge in [0.15, 0.2) is 0 Å². The molecule has 0 fully saturated rings. The molecule has 2 N–H and O–H groups in total. The predicted molar refractivity (Wildman–Crippen MR) is 54.7 cm³/mol. The maximum absolute atomic E-state index is 13.7. The highest BCUT2D eigenvalue weighted by atomic mass is 19.1. The van der Waals surface area contributed by atoms with E-state index in [0.29, 0.717) is 5.56 Å². The highest BCUT2D eigenvalue weighted by Crippen LogP contribution is 2.18. The average Bonchev–Trinajstić information content (AvgIpc) is 2.31. The van der Waals surface area contributed by atoms with Gasteiger partial charge in [-0.05, 0) is 11.6 Å². The summed E-state index contributed by atoms with van der Waals surface area (Å²) in [7, 11) is 1.22.